The zero-order valence-corrected chi connectivity index (χ0v) is 42.6. The van der Waals surface area contributed by atoms with Crippen molar-refractivity contribution >= 4 is 64.6 Å². The summed E-state index contributed by atoms with van der Waals surface area (Å²) in [6, 6.07) is 83.3. The van der Waals surface area contributed by atoms with E-state index in [2.05, 4.69) is 228 Å². The summed E-state index contributed by atoms with van der Waals surface area (Å²) in [4.78, 5) is 5.54. The maximum Gasteiger partial charge on any atom is 0.105 e. The number of quaternary nitrogens is 1. The van der Waals surface area contributed by atoms with Crippen LogP contribution in [-0.4, -0.2) is 40.5 Å². The average Bonchev–Trinajstić information content (AvgIpc) is 3.82. The van der Waals surface area contributed by atoms with Crippen molar-refractivity contribution in [2.24, 2.45) is 0 Å². The molecular weight excluding hydrogens is 907 g/mol. The van der Waals surface area contributed by atoms with Crippen LogP contribution in [0.25, 0.3) is 98.0 Å². The van der Waals surface area contributed by atoms with Crippen LogP contribution < -0.4 is 0 Å². The van der Waals surface area contributed by atoms with Crippen molar-refractivity contribution in [3.63, 3.8) is 0 Å². The fourth-order valence-electron chi connectivity index (χ4n) is 14.3. The minimum absolute atomic E-state index is 0.940. The molecule has 12 aromatic carbocycles. The van der Waals surface area contributed by atoms with E-state index >= 15 is 0 Å². The molecule has 0 bridgehead atoms. The lowest BCUT2D eigenvalue weighted by Gasteiger charge is -2.39. The second kappa shape index (κ2) is 18.2. The van der Waals surface area contributed by atoms with Crippen LogP contribution in [0.1, 0.15) is 46.2 Å². The minimum Gasteiger partial charge on any atom is -0.316 e. The van der Waals surface area contributed by atoms with Gasteiger partial charge in [-0.2, -0.15) is 0 Å². The Kier molecular flexibility index (Phi) is 10.8. The number of hydrogen-bond acceptors (Lipinski definition) is 2. The van der Waals surface area contributed by atoms with Crippen molar-refractivity contribution < 1.29 is 4.48 Å². The van der Waals surface area contributed by atoms with Crippen molar-refractivity contribution in [3.8, 4) is 33.4 Å². The van der Waals surface area contributed by atoms with Crippen LogP contribution in [0.5, 0.6) is 0 Å². The Morgan fingerprint density at radius 3 is 0.747 bits per heavy atom. The lowest BCUT2D eigenvalue weighted by atomic mass is 9.88. The molecule has 3 heteroatoms. The first-order valence-corrected chi connectivity index (χ1v) is 27.5. The predicted octanol–water partition coefficient (Wildman–Crippen LogP) is 17.2. The van der Waals surface area contributed by atoms with Crippen molar-refractivity contribution in [2.45, 2.75) is 52.1 Å². The molecule has 0 aromatic heterocycles. The molecule has 0 radical (unpaired) electrons. The summed E-state index contributed by atoms with van der Waals surface area (Å²) in [5.41, 5.74) is 17.3. The zero-order valence-electron chi connectivity index (χ0n) is 42.6. The van der Waals surface area contributed by atoms with E-state index in [1.54, 1.807) is 0 Å². The van der Waals surface area contributed by atoms with Crippen LogP contribution >= 0.6 is 0 Å². The van der Waals surface area contributed by atoms with Gasteiger partial charge in [-0.15, -0.1) is 0 Å². The van der Waals surface area contributed by atoms with E-state index in [-0.39, 0.29) is 0 Å². The second-order valence-electron chi connectivity index (χ2n) is 22.2. The predicted molar refractivity (Wildman–Crippen MR) is 316 cm³/mol. The maximum absolute atomic E-state index is 2.77. The van der Waals surface area contributed by atoms with Gasteiger partial charge in [-0.1, -0.05) is 218 Å². The molecule has 3 aliphatic rings. The van der Waals surface area contributed by atoms with Gasteiger partial charge in [0.15, 0.2) is 0 Å². The first-order valence-electron chi connectivity index (χ1n) is 27.5. The van der Waals surface area contributed by atoms with Gasteiger partial charge in [0.1, 0.15) is 13.1 Å². The van der Waals surface area contributed by atoms with Gasteiger partial charge in [-0.25, -0.2) is 0 Å². The Balaban J connectivity index is 0.805. The average molecular weight is 967 g/mol. The number of benzene rings is 12. The first-order chi connectivity index (χ1) is 37.1. The molecule has 3 aliphatic heterocycles. The molecule has 0 N–H and O–H groups in total. The van der Waals surface area contributed by atoms with Crippen LogP contribution in [-0.2, 0) is 39.3 Å². The van der Waals surface area contributed by atoms with Gasteiger partial charge in [0.2, 0.25) is 0 Å². The summed E-state index contributed by atoms with van der Waals surface area (Å²) in [5.74, 6) is 0. The van der Waals surface area contributed by atoms with Gasteiger partial charge in [0, 0.05) is 63.2 Å². The summed E-state index contributed by atoms with van der Waals surface area (Å²) in [7, 11) is 0. The molecule has 362 valence electrons. The van der Waals surface area contributed by atoms with E-state index in [0.717, 1.165) is 82.8 Å². The Morgan fingerprint density at radius 2 is 0.480 bits per heavy atom. The van der Waals surface area contributed by atoms with E-state index in [1.165, 1.54) is 131 Å². The van der Waals surface area contributed by atoms with E-state index in [0.29, 0.717) is 0 Å². The standard InChI is InChI=1S/C72H60N3/c1-7-21-61-49(15-1)27-33-55-43-73(44-56-34-28-50-16-2-8-22-62(50)68(56)67(55)61)39-13-41-75(47-59-37-31-53-19-5-11-25-65(53)71(59)72-60(48-75)38-32-54-20-6-12-26-66(54)72)42-14-40-74-45-57-35-29-51-17-3-9-23-63(51)69(57)70-58(46-74)36-30-52-18-4-10-24-64(52)70/h1-12,15-38H,13-14,39-48H2/q+1. The summed E-state index contributed by atoms with van der Waals surface area (Å²) in [5, 5.41) is 16.1. The van der Waals surface area contributed by atoms with Crippen LogP contribution in [0.3, 0.4) is 0 Å². The molecular formula is C72H60N3+. The highest BCUT2D eigenvalue weighted by molar-refractivity contribution is 6.10. The third-order valence-corrected chi connectivity index (χ3v) is 17.6. The number of fused-ring (bicyclic) bond motifs is 21. The Hall–Kier alpha value is -7.92. The first kappa shape index (κ1) is 44.6. The lowest BCUT2D eigenvalue weighted by Crippen LogP contribution is -2.49. The topological polar surface area (TPSA) is 6.48 Å². The van der Waals surface area contributed by atoms with Crippen molar-refractivity contribution in [3.05, 3.63) is 252 Å². The number of nitrogens with zero attached hydrogens (tertiary/aromatic N) is 3. The SMILES string of the molecule is c1ccc2c3c(ccc2c1)CN(CCC[N+]1(CCCN2Cc4ccc5ccccc5c4-c4c(ccc5ccccc45)C2)Cc2ccc4ccccc4c2-c2c(ccc4ccccc24)C1)Cc1ccc2ccccc2c1-3. The Morgan fingerprint density at radius 1 is 0.253 bits per heavy atom. The molecule has 0 spiro atoms. The molecule has 75 heavy (non-hydrogen) atoms. The molecule has 15 rings (SSSR count). The van der Waals surface area contributed by atoms with E-state index in [4.69, 9.17) is 0 Å². The molecule has 0 saturated carbocycles. The summed E-state index contributed by atoms with van der Waals surface area (Å²) >= 11 is 0. The van der Waals surface area contributed by atoms with Gasteiger partial charge < -0.3 is 4.48 Å². The smallest absolute Gasteiger partial charge is 0.105 e. The van der Waals surface area contributed by atoms with Gasteiger partial charge in [-0.05, 0) is 120 Å². The fraction of sp³-hybridized carbons (Fsp3) is 0.167. The molecule has 3 heterocycles. The van der Waals surface area contributed by atoms with Crippen LogP contribution in [0.15, 0.2) is 218 Å². The van der Waals surface area contributed by atoms with Gasteiger partial charge in [0.05, 0.1) is 13.1 Å². The van der Waals surface area contributed by atoms with Crippen LogP contribution in [0, 0.1) is 0 Å². The molecule has 0 saturated heterocycles. The molecule has 0 fully saturated rings. The molecule has 12 aromatic rings. The number of hydrogen-bond donors (Lipinski definition) is 0. The van der Waals surface area contributed by atoms with Crippen LogP contribution in [0.4, 0.5) is 0 Å². The van der Waals surface area contributed by atoms with Gasteiger partial charge >= 0.3 is 0 Å². The largest absolute Gasteiger partial charge is 0.316 e. The maximum atomic E-state index is 2.77. The summed E-state index contributed by atoms with van der Waals surface area (Å²) in [6.07, 6.45) is 2.23. The quantitative estimate of drug-likeness (QED) is 0.140. The van der Waals surface area contributed by atoms with Crippen molar-refractivity contribution in [1.82, 2.24) is 9.80 Å². The third kappa shape index (κ3) is 7.67. The molecule has 3 nitrogen and oxygen atoms in total. The molecule has 0 unspecified atom stereocenters. The highest BCUT2D eigenvalue weighted by Crippen LogP contribution is 2.47. The van der Waals surface area contributed by atoms with E-state index < -0.39 is 0 Å². The zero-order chi connectivity index (χ0) is 49.5. The van der Waals surface area contributed by atoms with Crippen molar-refractivity contribution in [2.75, 3.05) is 26.2 Å². The third-order valence-electron chi connectivity index (χ3n) is 17.6. The number of rotatable bonds is 8. The Labute approximate surface area is 440 Å². The normalized spacial score (nSPS) is 15.2. The molecule has 0 aliphatic carbocycles. The second-order valence-corrected chi connectivity index (χ2v) is 22.2. The van der Waals surface area contributed by atoms with Gasteiger partial charge in [0.25, 0.3) is 0 Å². The highest BCUT2D eigenvalue weighted by Gasteiger charge is 2.36. The van der Waals surface area contributed by atoms with Crippen LogP contribution in [0.2, 0.25) is 0 Å². The molecule has 0 atom stereocenters. The highest BCUT2D eigenvalue weighted by atomic mass is 15.4. The lowest BCUT2D eigenvalue weighted by molar-refractivity contribution is -0.953. The molecule has 0 amide bonds. The van der Waals surface area contributed by atoms with E-state index in [1.807, 2.05) is 0 Å². The Bertz CT molecular complexity index is 3790. The fourth-order valence-corrected chi connectivity index (χ4v) is 14.3. The van der Waals surface area contributed by atoms with Gasteiger partial charge in [-0.3, -0.25) is 9.80 Å². The van der Waals surface area contributed by atoms with Crippen molar-refractivity contribution in [1.29, 1.82) is 0 Å². The van der Waals surface area contributed by atoms with E-state index in [9.17, 15) is 0 Å². The summed E-state index contributed by atoms with van der Waals surface area (Å²) < 4.78 is 1.03. The monoisotopic (exact) mass is 966 g/mol. The summed E-state index contributed by atoms with van der Waals surface area (Å²) in [6.45, 7) is 10.1. The minimum atomic E-state index is 0.940.